The van der Waals surface area contributed by atoms with Gasteiger partial charge in [-0.25, -0.2) is 21.8 Å². The molecule has 1 fully saturated rings. The highest BCUT2D eigenvalue weighted by Crippen LogP contribution is 2.29. The first-order chi connectivity index (χ1) is 15.4. The first kappa shape index (κ1) is 23.8. The lowest BCUT2D eigenvalue weighted by Gasteiger charge is -2.34. The molecular formula is C22H25N3O5S3. The number of hydrogen-bond acceptors (Lipinski definition) is 7. The minimum atomic E-state index is -3.62. The first-order valence-electron chi connectivity index (χ1n) is 10.5. The molecule has 0 aliphatic carbocycles. The summed E-state index contributed by atoms with van der Waals surface area (Å²) in [6.45, 7) is 5.09. The van der Waals surface area contributed by atoms with E-state index in [1.807, 2.05) is 0 Å². The molecule has 4 rings (SSSR count). The third kappa shape index (κ3) is 5.11. The zero-order valence-corrected chi connectivity index (χ0v) is 20.9. The molecule has 1 N–H and O–H groups in total. The number of aromatic nitrogens is 1. The van der Waals surface area contributed by atoms with Crippen LogP contribution in [0.25, 0.3) is 10.2 Å². The van der Waals surface area contributed by atoms with Crippen molar-refractivity contribution in [1.29, 1.82) is 0 Å². The van der Waals surface area contributed by atoms with Gasteiger partial charge in [-0.1, -0.05) is 25.2 Å². The van der Waals surface area contributed by atoms with Gasteiger partial charge in [-0.05, 0) is 60.7 Å². The number of carbonyl (C=O) groups is 1. The molecule has 176 valence electrons. The van der Waals surface area contributed by atoms with Crippen LogP contribution in [0.4, 0.5) is 5.13 Å². The molecular weight excluding hydrogens is 482 g/mol. The van der Waals surface area contributed by atoms with Crippen LogP contribution in [0.3, 0.4) is 0 Å². The Kier molecular flexibility index (Phi) is 6.34. The van der Waals surface area contributed by atoms with Crippen LogP contribution < -0.4 is 5.32 Å². The summed E-state index contributed by atoms with van der Waals surface area (Å²) >= 11 is 1.17. The molecule has 2 heterocycles. The lowest BCUT2D eigenvalue weighted by Crippen LogP contribution is -2.42. The zero-order valence-electron chi connectivity index (χ0n) is 18.5. The van der Waals surface area contributed by atoms with E-state index in [1.54, 1.807) is 6.07 Å². The van der Waals surface area contributed by atoms with E-state index >= 15 is 0 Å². The number of piperidine rings is 1. The molecule has 0 spiro atoms. The van der Waals surface area contributed by atoms with Gasteiger partial charge in [0.25, 0.3) is 5.91 Å². The molecule has 8 nitrogen and oxygen atoms in total. The van der Waals surface area contributed by atoms with E-state index in [-0.39, 0.29) is 9.79 Å². The molecule has 11 heteroatoms. The number of sulfonamides is 1. The van der Waals surface area contributed by atoms with Gasteiger partial charge >= 0.3 is 0 Å². The van der Waals surface area contributed by atoms with Crippen molar-refractivity contribution in [2.45, 2.75) is 30.1 Å². The minimum absolute atomic E-state index is 0.161. The van der Waals surface area contributed by atoms with Crippen LogP contribution in [0.5, 0.6) is 0 Å². The lowest BCUT2D eigenvalue weighted by molar-refractivity contribution is 0.102. The van der Waals surface area contributed by atoms with Crippen LogP contribution in [0, 0.1) is 11.8 Å². The predicted molar refractivity (Wildman–Crippen MR) is 129 cm³/mol. The maximum absolute atomic E-state index is 13.0. The fourth-order valence-corrected chi connectivity index (χ4v) is 7.39. The van der Waals surface area contributed by atoms with Gasteiger partial charge < -0.3 is 0 Å². The molecule has 2 atom stereocenters. The molecule has 1 aliphatic rings. The number of rotatable bonds is 5. The standard InChI is InChI=1S/C22H25N3O5S3/c1-14-10-15(2)13-25(12-14)33(29,30)17-6-4-16(5-7-17)21(26)24-22-23-19-9-8-18(32(3,27)28)11-20(19)31-22/h4-9,11,14-15H,10,12-13H2,1-3H3,(H,23,24,26). The third-order valence-electron chi connectivity index (χ3n) is 5.60. The molecule has 2 unspecified atom stereocenters. The van der Waals surface area contributed by atoms with Crippen LogP contribution in [0.2, 0.25) is 0 Å². The number of nitrogens with zero attached hydrogens (tertiary/aromatic N) is 2. The van der Waals surface area contributed by atoms with Crippen molar-refractivity contribution in [3.8, 4) is 0 Å². The molecule has 1 saturated heterocycles. The second-order valence-corrected chi connectivity index (χ2v) is 13.7. The van der Waals surface area contributed by atoms with Crippen LogP contribution in [0.1, 0.15) is 30.6 Å². The van der Waals surface area contributed by atoms with Gasteiger partial charge in [0.1, 0.15) is 0 Å². The van der Waals surface area contributed by atoms with Crippen molar-refractivity contribution in [3.63, 3.8) is 0 Å². The smallest absolute Gasteiger partial charge is 0.257 e. The van der Waals surface area contributed by atoms with Gasteiger partial charge in [-0.3, -0.25) is 10.1 Å². The maximum atomic E-state index is 13.0. The summed E-state index contributed by atoms with van der Waals surface area (Å²) in [6, 6.07) is 10.5. The number of thiazole rings is 1. The Hall–Kier alpha value is -2.34. The second-order valence-electron chi connectivity index (χ2n) is 8.67. The first-order valence-corrected chi connectivity index (χ1v) is 14.6. The molecule has 1 aromatic heterocycles. The Labute approximate surface area is 197 Å². The fourth-order valence-electron chi connectivity index (χ4n) is 4.09. The Balaban J connectivity index is 1.50. The molecule has 1 amide bonds. The zero-order chi connectivity index (χ0) is 24.0. The highest BCUT2D eigenvalue weighted by molar-refractivity contribution is 7.90. The number of hydrogen-bond donors (Lipinski definition) is 1. The number of benzene rings is 2. The summed E-state index contributed by atoms with van der Waals surface area (Å²) in [5.41, 5.74) is 0.875. The highest BCUT2D eigenvalue weighted by Gasteiger charge is 2.31. The SMILES string of the molecule is CC1CC(C)CN(S(=O)(=O)c2ccc(C(=O)Nc3nc4ccc(S(C)(=O)=O)cc4s3)cc2)C1. The summed E-state index contributed by atoms with van der Waals surface area (Å²) in [5, 5.41) is 3.03. The molecule has 3 aromatic rings. The average Bonchev–Trinajstić information content (AvgIpc) is 3.14. The summed E-state index contributed by atoms with van der Waals surface area (Å²) in [5.74, 6) is 0.174. The van der Waals surface area contributed by atoms with E-state index in [9.17, 15) is 21.6 Å². The summed E-state index contributed by atoms with van der Waals surface area (Å²) in [4.78, 5) is 17.3. The third-order valence-corrected chi connectivity index (χ3v) is 9.49. The Morgan fingerprint density at radius 1 is 1.00 bits per heavy atom. The summed E-state index contributed by atoms with van der Waals surface area (Å²) in [6.07, 6.45) is 2.14. The quantitative estimate of drug-likeness (QED) is 0.564. The monoisotopic (exact) mass is 507 g/mol. The van der Waals surface area contributed by atoms with Crippen molar-refractivity contribution in [1.82, 2.24) is 9.29 Å². The van der Waals surface area contributed by atoms with E-state index in [2.05, 4.69) is 24.1 Å². The van der Waals surface area contributed by atoms with Gasteiger partial charge in [0.05, 0.1) is 20.0 Å². The van der Waals surface area contributed by atoms with Crippen LogP contribution in [-0.4, -0.2) is 51.4 Å². The minimum Gasteiger partial charge on any atom is -0.298 e. The molecule has 1 aliphatic heterocycles. The van der Waals surface area contributed by atoms with Crippen molar-refractivity contribution < 1.29 is 21.6 Å². The molecule has 0 saturated carbocycles. The summed E-state index contributed by atoms with van der Waals surface area (Å²) in [7, 11) is -6.96. The van der Waals surface area contributed by atoms with Gasteiger partial charge in [0.2, 0.25) is 10.0 Å². The Bertz CT molecular complexity index is 1400. The van der Waals surface area contributed by atoms with Gasteiger partial charge in [-0.15, -0.1) is 0 Å². The molecule has 0 radical (unpaired) electrons. The van der Waals surface area contributed by atoms with E-state index in [0.29, 0.717) is 45.8 Å². The van der Waals surface area contributed by atoms with Gasteiger partial charge in [-0.2, -0.15) is 4.31 Å². The van der Waals surface area contributed by atoms with Gasteiger partial charge in [0.15, 0.2) is 15.0 Å². The average molecular weight is 508 g/mol. The Morgan fingerprint density at radius 3 is 2.21 bits per heavy atom. The van der Waals surface area contributed by atoms with Crippen molar-refractivity contribution >= 4 is 52.5 Å². The van der Waals surface area contributed by atoms with Crippen LogP contribution >= 0.6 is 11.3 Å². The number of nitrogens with one attached hydrogen (secondary N) is 1. The Morgan fingerprint density at radius 2 is 1.61 bits per heavy atom. The predicted octanol–water partition coefficient (Wildman–Crippen LogP) is 3.62. The van der Waals surface area contributed by atoms with Crippen molar-refractivity contribution in [2.75, 3.05) is 24.7 Å². The van der Waals surface area contributed by atoms with E-state index in [0.717, 1.165) is 12.7 Å². The van der Waals surface area contributed by atoms with E-state index in [1.165, 1.54) is 52.0 Å². The number of amides is 1. The topological polar surface area (TPSA) is 114 Å². The highest BCUT2D eigenvalue weighted by atomic mass is 32.2. The number of anilines is 1. The van der Waals surface area contributed by atoms with Gasteiger partial charge in [0, 0.05) is 24.9 Å². The fraction of sp³-hybridized carbons (Fsp3) is 0.364. The number of fused-ring (bicyclic) bond motifs is 1. The number of sulfone groups is 1. The molecule has 0 bridgehead atoms. The second kappa shape index (κ2) is 8.79. The summed E-state index contributed by atoms with van der Waals surface area (Å²) < 4.78 is 51.7. The number of carbonyl (C=O) groups excluding carboxylic acids is 1. The maximum Gasteiger partial charge on any atom is 0.257 e. The van der Waals surface area contributed by atoms with E-state index in [4.69, 9.17) is 0 Å². The lowest BCUT2D eigenvalue weighted by atomic mass is 9.94. The van der Waals surface area contributed by atoms with Crippen LogP contribution in [0.15, 0.2) is 52.3 Å². The molecule has 2 aromatic carbocycles. The largest absolute Gasteiger partial charge is 0.298 e. The normalized spacial score (nSPS) is 20.1. The van der Waals surface area contributed by atoms with E-state index < -0.39 is 25.8 Å². The van der Waals surface area contributed by atoms with Crippen LogP contribution in [-0.2, 0) is 19.9 Å². The molecule has 33 heavy (non-hydrogen) atoms. The van der Waals surface area contributed by atoms with Crippen molar-refractivity contribution in [3.05, 3.63) is 48.0 Å². The van der Waals surface area contributed by atoms with Crippen molar-refractivity contribution in [2.24, 2.45) is 11.8 Å².